The van der Waals surface area contributed by atoms with Gasteiger partial charge in [0.05, 0.1) is 11.4 Å². The van der Waals surface area contributed by atoms with Crippen molar-refractivity contribution in [3.8, 4) is 0 Å². The lowest BCUT2D eigenvalue weighted by molar-refractivity contribution is -0.137. The van der Waals surface area contributed by atoms with Crippen LogP contribution in [0.25, 0.3) is 21.9 Å². The second kappa shape index (κ2) is 11.5. The number of carboxylic acid groups (broad SMARTS) is 1. The van der Waals surface area contributed by atoms with Gasteiger partial charge in [0.15, 0.2) is 0 Å². The van der Waals surface area contributed by atoms with E-state index >= 15 is 0 Å². The van der Waals surface area contributed by atoms with Gasteiger partial charge in [0.25, 0.3) is 0 Å². The molecule has 1 N–H and O–H groups in total. The first kappa shape index (κ1) is 27.2. The zero-order chi connectivity index (χ0) is 28.5. The Bertz CT molecular complexity index is 1620. The molecule has 6 rings (SSSR count). The van der Waals surface area contributed by atoms with E-state index in [0.717, 1.165) is 62.7 Å². The molecule has 2 aliphatic rings. The molecular formula is C34H37N3O4. The third kappa shape index (κ3) is 5.26. The molecule has 4 aromatic rings. The third-order valence-corrected chi connectivity index (χ3v) is 8.88. The maximum Gasteiger partial charge on any atom is 0.303 e. The fraction of sp³-hybridized carbons (Fsp3) is 0.382. The Balaban J connectivity index is 1.35. The lowest BCUT2D eigenvalue weighted by Crippen LogP contribution is -2.38. The highest BCUT2D eigenvalue weighted by atomic mass is 16.5. The number of amides is 1. The number of nitrogens with zero attached hydrogens (tertiary/aromatic N) is 3. The summed E-state index contributed by atoms with van der Waals surface area (Å²) in [5, 5.41) is 11.5. The van der Waals surface area contributed by atoms with Crippen LogP contribution in [0.4, 0.5) is 0 Å². The van der Waals surface area contributed by atoms with E-state index in [-0.39, 0.29) is 24.2 Å². The van der Waals surface area contributed by atoms with Crippen LogP contribution in [0.3, 0.4) is 0 Å². The third-order valence-electron chi connectivity index (χ3n) is 8.88. The number of aromatic nitrogens is 2. The summed E-state index contributed by atoms with van der Waals surface area (Å²) in [6.45, 7) is 7.51. The molecule has 2 aromatic carbocycles. The molecule has 1 saturated heterocycles. The number of benzene rings is 2. The number of para-hydroxylation sites is 1. The average molecular weight is 552 g/mol. The number of carboxylic acids is 1. The fourth-order valence-electron chi connectivity index (χ4n) is 6.72. The van der Waals surface area contributed by atoms with Gasteiger partial charge in [-0.05, 0) is 67.3 Å². The van der Waals surface area contributed by atoms with E-state index in [9.17, 15) is 14.7 Å². The smallest absolute Gasteiger partial charge is 0.303 e. The number of carbonyl (C=O) groups is 2. The van der Waals surface area contributed by atoms with E-state index in [4.69, 9.17) is 9.72 Å². The van der Waals surface area contributed by atoms with Crippen LogP contribution in [0.5, 0.6) is 0 Å². The van der Waals surface area contributed by atoms with Crippen LogP contribution in [-0.2, 0) is 27.3 Å². The van der Waals surface area contributed by atoms with Crippen molar-refractivity contribution in [2.75, 3.05) is 26.3 Å². The van der Waals surface area contributed by atoms with Crippen molar-refractivity contribution in [3.63, 3.8) is 0 Å². The molecule has 41 heavy (non-hydrogen) atoms. The summed E-state index contributed by atoms with van der Waals surface area (Å²) in [7, 11) is 0. The zero-order valence-electron chi connectivity index (χ0n) is 23.8. The van der Waals surface area contributed by atoms with Crippen LogP contribution in [0, 0.1) is 19.8 Å². The van der Waals surface area contributed by atoms with E-state index in [1.54, 1.807) is 0 Å². The quantitative estimate of drug-likeness (QED) is 0.281. The molecule has 0 bridgehead atoms. The first-order valence-electron chi connectivity index (χ1n) is 14.6. The molecule has 7 nitrogen and oxygen atoms in total. The van der Waals surface area contributed by atoms with Crippen LogP contribution in [0.2, 0.25) is 0 Å². The Kier molecular flexibility index (Phi) is 7.63. The second-order valence-corrected chi connectivity index (χ2v) is 11.4. The van der Waals surface area contributed by atoms with Crippen molar-refractivity contribution in [1.29, 1.82) is 0 Å². The summed E-state index contributed by atoms with van der Waals surface area (Å²) in [5.41, 5.74) is 7.24. The molecule has 2 aliphatic heterocycles. The predicted octanol–water partition coefficient (Wildman–Crippen LogP) is 5.78. The molecule has 4 heterocycles. The maximum atomic E-state index is 13.7. The van der Waals surface area contributed by atoms with Gasteiger partial charge < -0.3 is 19.3 Å². The Morgan fingerprint density at radius 3 is 2.44 bits per heavy atom. The first-order chi connectivity index (χ1) is 19.9. The van der Waals surface area contributed by atoms with E-state index < -0.39 is 5.97 Å². The largest absolute Gasteiger partial charge is 0.481 e. The number of hydrogen-bond donors (Lipinski definition) is 1. The maximum absolute atomic E-state index is 13.7. The first-order valence-corrected chi connectivity index (χ1v) is 14.6. The van der Waals surface area contributed by atoms with Crippen LogP contribution in [0.1, 0.15) is 53.1 Å². The van der Waals surface area contributed by atoms with Crippen molar-refractivity contribution >= 4 is 33.8 Å². The van der Waals surface area contributed by atoms with Crippen molar-refractivity contribution in [3.05, 3.63) is 88.6 Å². The molecule has 1 atom stereocenters. The van der Waals surface area contributed by atoms with Gasteiger partial charge in [-0.1, -0.05) is 54.6 Å². The van der Waals surface area contributed by atoms with E-state index in [0.29, 0.717) is 39.3 Å². The summed E-state index contributed by atoms with van der Waals surface area (Å²) in [6, 6.07) is 16.9. The molecule has 0 radical (unpaired) electrons. The summed E-state index contributed by atoms with van der Waals surface area (Å²) in [4.78, 5) is 31.9. The molecule has 1 fully saturated rings. The van der Waals surface area contributed by atoms with Crippen molar-refractivity contribution in [2.45, 2.75) is 52.0 Å². The Labute approximate surface area is 240 Å². The SMILES string of the molecule is Cc1nc2c(c(C)c1CCC(=O)O)c1ccccc1n2Cc1ccc(C(C(=O)N2CC=CC2)C2CCOCC2)cc1. The zero-order valence-corrected chi connectivity index (χ0v) is 23.8. The Morgan fingerprint density at radius 1 is 1.02 bits per heavy atom. The van der Waals surface area contributed by atoms with Crippen LogP contribution in [0.15, 0.2) is 60.7 Å². The number of fused-ring (bicyclic) bond motifs is 3. The number of aryl methyl sites for hydroxylation is 2. The molecule has 2 aromatic heterocycles. The van der Waals surface area contributed by atoms with Crippen molar-refractivity contribution < 1.29 is 19.4 Å². The highest BCUT2D eigenvalue weighted by molar-refractivity contribution is 6.08. The van der Waals surface area contributed by atoms with Gasteiger partial charge in [-0.25, -0.2) is 4.98 Å². The molecule has 212 valence electrons. The molecule has 7 heteroatoms. The summed E-state index contributed by atoms with van der Waals surface area (Å²) < 4.78 is 7.88. The summed E-state index contributed by atoms with van der Waals surface area (Å²) in [6.07, 6.45) is 6.50. The normalized spacial score (nSPS) is 16.6. The fourth-order valence-corrected chi connectivity index (χ4v) is 6.72. The van der Waals surface area contributed by atoms with Gasteiger partial charge >= 0.3 is 5.97 Å². The number of aliphatic carboxylic acids is 1. The molecule has 0 saturated carbocycles. The number of rotatable bonds is 8. The minimum absolute atomic E-state index is 0.0888. The lowest BCUT2D eigenvalue weighted by atomic mass is 9.80. The minimum atomic E-state index is -0.798. The van der Waals surface area contributed by atoms with Gasteiger partial charge in [-0.3, -0.25) is 9.59 Å². The van der Waals surface area contributed by atoms with E-state index in [1.165, 1.54) is 0 Å². The molecule has 0 aliphatic carbocycles. The van der Waals surface area contributed by atoms with Gasteiger partial charge in [0.2, 0.25) is 5.91 Å². The summed E-state index contributed by atoms with van der Waals surface area (Å²) >= 11 is 0. The van der Waals surface area contributed by atoms with Crippen molar-refractivity contribution in [1.82, 2.24) is 14.5 Å². The standard InChI is InChI=1S/C34H37N3O4/c1-22-27(13-14-30(38)39)23(2)35-33-31(22)28-7-3-4-8-29(28)37(33)21-24-9-11-25(12-10-24)32(26-15-19-41-20-16-26)34(40)36-17-5-6-18-36/h3-12,26,32H,13-21H2,1-2H3,(H,38,39). The number of pyridine rings is 1. The van der Waals surface area contributed by atoms with E-state index in [2.05, 4.69) is 60.0 Å². The van der Waals surface area contributed by atoms with Crippen LogP contribution in [-0.4, -0.2) is 57.7 Å². The predicted molar refractivity (Wildman–Crippen MR) is 160 cm³/mol. The number of carbonyl (C=O) groups excluding carboxylic acids is 1. The minimum Gasteiger partial charge on any atom is -0.481 e. The van der Waals surface area contributed by atoms with Gasteiger partial charge in [-0.2, -0.15) is 0 Å². The number of hydrogen-bond acceptors (Lipinski definition) is 4. The summed E-state index contributed by atoms with van der Waals surface area (Å²) in [5.74, 6) is -0.457. The topological polar surface area (TPSA) is 84.7 Å². The lowest BCUT2D eigenvalue weighted by Gasteiger charge is -2.32. The molecular weight excluding hydrogens is 514 g/mol. The monoisotopic (exact) mass is 551 g/mol. The van der Waals surface area contributed by atoms with Crippen LogP contribution >= 0.6 is 0 Å². The van der Waals surface area contributed by atoms with Crippen LogP contribution < -0.4 is 0 Å². The average Bonchev–Trinajstić information content (AvgIpc) is 3.62. The van der Waals surface area contributed by atoms with Gasteiger partial charge in [0.1, 0.15) is 5.65 Å². The molecule has 1 amide bonds. The Morgan fingerprint density at radius 2 is 1.73 bits per heavy atom. The molecule has 0 spiro atoms. The Hall–Kier alpha value is -3.97. The van der Waals surface area contributed by atoms with Gasteiger partial charge in [-0.15, -0.1) is 0 Å². The highest BCUT2D eigenvalue weighted by Crippen LogP contribution is 2.36. The number of ether oxygens (including phenoxy) is 1. The van der Waals surface area contributed by atoms with Gasteiger partial charge in [0, 0.05) is 55.7 Å². The second-order valence-electron chi connectivity index (χ2n) is 11.4. The molecule has 1 unspecified atom stereocenters. The van der Waals surface area contributed by atoms with E-state index in [1.807, 2.05) is 24.0 Å². The van der Waals surface area contributed by atoms with Crippen molar-refractivity contribution in [2.24, 2.45) is 5.92 Å². The highest BCUT2D eigenvalue weighted by Gasteiger charge is 2.34.